The molecule has 0 saturated carbocycles. The highest BCUT2D eigenvalue weighted by Crippen LogP contribution is 2.23. The number of carbonyl (C=O) groups is 2. The van der Waals surface area contributed by atoms with Crippen LogP contribution in [0.1, 0.15) is 39.2 Å². The lowest BCUT2D eigenvalue weighted by molar-refractivity contribution is -0.142. The predicted molar refractivity (Wildman–Crippen MR) is 101 cm³/mol. The molecule has 0 unspecified atom stereocenters. The highest BCUT2D eigenvalue weighted by Gasteiger charge is 2.32. The number of nitrogens with zero attached hydrogens (tertiary/aromatic N) is 2. The monoisotopic (exact) mass is 374 g/mol. The largest absolute Gasteiger partial charge is 0.382 e. The van der Waals surface area contributed by atoms with Gasteiger partial charge in [-0.15, -0.1) is 0 Å². The van der Waals surface area contributed by atoms with Crippen molar-refractivity contribution in [3.05, 3.63) is 29.6 Å². The van der Waals surface area contributed by atoms with Crippen molar-refractivity contribution in [1.82, 2.24) is 10.2 Å². The van der Waals surface area contributed by atoms with Gasteiger partial charge in [-0.2, -0.15) is 5.26 Å². The minimum absolute atomic E-state index is 0.0280. The Labute approximate surface area is 159 Å². The maximum absolute atomic E-state index is 13.5. The molecule has 0 aliphatic carbocycles. The molecule has 0 radical (unpaired) electrons. The Morgan fingerprint density at radius 3 is 2.52 bits per heavy atom. The zero-order valence-electron chi connectivity index (χ0n) is 16.1. The number of carbonyl (C=O) groups excluding carboxylic acids is 2. The van der Waals surface area contributed by atoms with Gasteiger partial charge in [-0.05, 0) is 25.0 Å². The number of benzene rings is 1. The molecule has 2 N–H and O–H groups in total. The molecule has 1 aromatic rings. The molecule has 0 bridgehead atoms. The highest BCUT2D eigenvalue weighted by molar-refractivity contribution is 5.82. The van der Waals surface area contributed by atoms with Crippen molar-refractivity contribution < 1.29 is 14.0 Å². The van der Waals surface area contributed by atoms with E-state index in [0.717, 1.165) is 0 Å². The van der Waals surface area contributed by atoms with Gasteiger partial charge in [-0.3, -0.25) is 9.59 Å². The Morgan fingerprint density at radius 2 is 1.93 bits per heavy atom. The fourth-order valence-corrected chi connectivity index (χ4v) is 3.13. The third-order valence-corrected chi connectivity index (χ3v) is 4.66. The number of nitrogens with one attached hydrogen (secondary N) is 2. The molecule has 1 saturated heterocycles. The first-order valence-corrected chi connectivity index (χ1v) is 9.23. The molecule has 1 fully saturated rings. The maximum Gasteiger partial charge on any atom is 0.227 e. The molecule has 146 valence electrons. The summed E-state index contributed by atoms with van der Waals surface area (Å²) in [7, 11) is 0. The molecular formula is C20H27FN4O2. The van der Waals surface area contributed by atoms with Crippen LogP contribution in [0.25, 0.3) is 0 Å². The van der Waals surface area contributed by atoms with E-state index in [0.29, 0.717) is 44.7 Å². The lowest BCUT2D eigenvalue weighted by Crippen LogP contribution is -2.47. The van der Waals surface area contributed by atoms with E-state index in [2.05, 4.69) is 10.6 Å². The summed E-state index contributed by atoms with van der Waals surface area (Å²) in [6, 6.07) is 6.23. The Bertz CT molecular complexity index is 728. The first kappa shape index (κ1) is 20.7. The summed E-state index contributed by atoms with van der Waals surface area (Å²) in [5.41, 5.74) is -0.0135. The summed E-state index contributed by atoms with van der Waals surface area (Å²) in [4.78, 5) is 26.4. The number of likely N-dealkylation sites (tertiary alicyclic amines) is 1. The van der Waals surface area contributed by atoms with Crippen molar-refractivity contribution in [1.29, 1.82) is 5.26 Å². The molecule has 1 aliphatic rings. The number of amides is 2. The van der Waals surface area contributed by atoms with Gasteiger partial charge >= 0.3 is 0 Å². The second-order valence-corrected chi connectivity index (χ2v) is 7.81. The number of hydrogen-bond donors (Lipinski definition) is 2. The van der Waals surface area contributed by atoms with Gasteiger partial charge in [0.05, 0.1) is 5.69 Å². The van der Waals surface area contributed by atoms with Crippen LogP contribution < -0.4 is 10.6 Å². The molecule has 2 rings (SSSR count). The molecule has 27 heavy (non-hydrogen) atoms. The Morgan fingerprint density at radius 1 is 1.26 bits per heavy atom. The Balaban J connectivity index is 1.74. The van der Waals surface area contributed by atoms with E-state index < -0.39 is 11.2 Å². The van der Waals surface area contributed by atoms with Crippen LogP contribution in [0.5, 0.6) is 0 Å². The van der Waals surface area contributed by atoms with Crippen LogP contribution in [-0.2, 0) is 9.59 Å². The fourth-order valence-electron chi connectivity index (χ4n) is 3.13. The van der Waals surface area contributed by atoms with Gasteiger partial charge in [-0.1, -0.05) is 26.8 Å². The van der Waals surface area contributed by atoms with Crippen molar-refractivity contribution in [2.24, 2.45) is 11.3 Å². The minimum atomic E-state index is -0.567. The lowest BCUT2D eigenvalue weighted by Gasteiger charge is -2.35. The maximum atomic E-state index is 13.5. The molecule has 0 aromatic heterocycles. The molecule has 6 nitrogen and oxygen atoms in total. The third-order valence-electron chi connectivity index (χ3n) is 4.66. The van der Waals surface area contributed by atoms with Crippen LogP contribution in [0, 0.1) is 28.5 Å². The van der Waals surface area contributed by atoms with E-state index in [4.69, 9.17) is 5.26 Å². The highest BCUT2D eigenvalue weighted by atomic mass is 19.1. The van der Waals surface area contributed by atoms with Gasteiger partial charge in [0.1, 0.15) is 17.4 Å². The summed E-state index contributed by atoms with van der Waals surface area (Å²) in [6.07, 6.45) is 1.31. The topological polar surface area (TPSA) is 85.2 Å². The zero-order valence-corrected chi connectivity index (χ0v) is 16.1. The van der Waals surface area contributed by atoms with Crippen molar-refractivity contribution >= 4 is 17.5 Å². The molecule has 0 atom stereocenters. The minimum Gasteiger partial charge on any atom is -0.382 e. The van der Waals surface area contributed by atoms with E-state index in [1.54, 1.807) is 6.07 Å². The van der Waals surface area contributed by atoms with Gasteiger partial charge < -0.3 is 15.5 Å². The first-order valence-electron chi connectivity index (χ1n) is 9.23. The summed E-state index contributed by atoms with van der Waals surface area (Å²) in [6.45, 7) is 7.67. The third kappa shape index (κ3) is 5.43. The standard InChI is InChI=1S/C20H27FN4O2/c1-20(2,3)19(27)25-11-7-14(8-12-25)18(26)24-10-9-23-17-6-4-5-16(21)15(17)13-22/h4-6,14,23H,7-12H2,1-3H3,(H,24,26). The van der Waals surface area contributed by atoms with Crippen molar-refractivity contribution in [2.45, 2.75) is 33.6 Å². The van der Waals surface area contributed by atoms with E-state index >= 15 is 0 Å². The molecule has 7 heteroatoms. The van der Waals surface area contributed by atoms with Crippen LogP contribution in [0.4, 0.5) is 10.1 Å². The molecule has 1 aromatic carbocycles. The van der Waals surface area contributed by atoms with Crippen molar-refractivity contribution in [3.8, 4) is 6.07 Å². The van der Waals surface area contributed by atoms with E-state index in [1.807, 2.05) is 31.7 Å². The number of halogens is 1. The van der Waals surface area contributed by atoms with Gasteiger partial charge in [0, 0.05) is 37.5 Å². The molecular weight excluding hydrogens is 347 g/mol. The van der Waals surface area contributed by atoms with Gasteiger partial charge in [0.15, 0.2) is 0 Å². The molecule has 1 aliphatic heterocycles. The second kappa shape index (κ2) is 8.85. The summed E-state index contributed by atoms with van der Waals surface area (Å²) < 4.78 is 13.5. The zero-order chi connectivity index (χ0) is 20.0. The van der Waals surface area contributed by atoms with Crippen LogP contribution in [-0.4, -0.2) is 42.9 Å². The van der Waals surface area contributed by atoms with Gasteiger partial charge in [0.25, 0.3) is 0 Å². The summed E-state index contributed by atoms with van der Waals surface area (Å²) >= 11 is 0. The fraction of sp³-hybridized carbons (Fsp3) is 0.550. The number of nitriles is 1. The Kier molecular flexibility index (Phi) is 6.78. The second-order valence-electron chi connectivity index (χ2n) is 7.81. The van der Waals surface area contributed by atoms with E-state index in [1.165, 1.54) is 12.1 Å². The van der Waals surface area contributed by atoms with Crippen LogP contribution in [0.2, 0.25) is 0 Å². The van der Waals surface area contributed by atoms with E-state index in [-0.39, 0.29) is 23.3 Å². The van der Waals surface area contributed by atoms with Crippen molar-refractivity contribution in [3.63, 3.8) is 0 Å². The first-order chi connectivity index (χ1) is 12.7. The average Bonchev–Trinajstić information content (AvgIpc) is 2.64. The lowest BCUT2D eigenvalue weighted by atomic mass is 9.91. The molecule has 0 spiro atoms. The molecule has 1 heterocycles. The smallest absolute Gasteiger partial charge is 0.227 e. The Hall–Kier alpha value is -2.62. The van der Waals surface area contributed by atoms with Crippen LogP contribution in [0.3, 0.4) is 0 Å². The predicted octanol–water partition coefficient (Wildman–Crippen LogP) is 2.51. The molecule has 2 amide bonds. The van der Waals surface area contributed by atoms with Gasteiger partial charge in [0.2, 0.25) is 11.8 Å². The van der Waals surface area contributed by atoms with Gasteiger partial charge in [-0.25, -0.2) is 4.39 Å². The quantitative estimate of drug-likeness (QED) is 0.776. The van der Waals surface area contributed by atoms with Crippen molar-refractivity contribution in [2.75, 3.05) is 31.5 Å². The SMILES string of the molecule is CC(C)(C)C(=O)N1CCC(C(=O)NCCNc2cccc(F)c2C#N)CC1. The number of rotatable bonds is 5. The summed E-state index contributed by atoms with van der Waals surface area (Å²) in [5.74, 6) is -0.575. The van der Waals surface area contributed by atoms with E-state index in [9.17, 15) is 14.0 Å². The number of anilines is 1. The summed E-state index contributed by atoms with van der Waals surface area (Å²) in [5, 5.41) is 14.8. The van der Waals surface area contributed by atoms with Crippen LogP contribution >= 0.6 is 0 Å². The number of piperidine rings is 1. The normalized spacial score (nSPS) is 15.1. The average molecular weight is 374 g/mol. The number of hydrogen-bond acceptors (Lipinski definition) is 4. The van der Waals surface area contributed by atoms with Crippen LogP contribution in [0.15, 0.2) is 18.2 Å².